The normalized spacial score (nSPS) is 34.2. The lowest BCUT2D eigenvalue weighted by atomic mass is 9.33. The first-order valence-corrected chi connectivity index (χ1v) is 22.8. The van der Waals surface area contributed by atoms with E-state index in [0.717, 1.165) is 75.6 Å². The molecule has 0 amide bonds. The van der Waals surface area contributed by atoms with Gasteiger partial charge in [0, 0.05) is 50.4 Å². The van der Waals surface area contributed by atoms with E-state index >= 15 is 0 Å². The molecule has 1 aromatic rings. The number of hydrogen-bond acceptors (Lipinski definition) is 8. The van der Waals surface area contributed by atoms with Gasteiger partial charge in [-0.05, 0) is 148 Å². The van der Waals surface area contributed by atoms with Gasteiger partial charge in [0.25, 0.3) is 0 Å². The molecule has 0 unspecified atom stereocenters. The molecule has 1 aromatic carbocycles. The zero-order valence-electron chi connectivity index (χ0n) is 38.8. The highest BCUT2D eigenvalue weighted by Gasteiger charge is 2.71. The van der Waals surface area contributed by atoms with Crippen molar-refractivity contribution >= 4 is 23.7 Å². The number of ether oxygens (including phenoxy) is 2. The predicted molar refractivity (Wildman–Crippen MR) is 231 cm³/mol. The van der Waals surface area contributed by atoms with Crippen molar-refractivity contribution in [3.05, 3.63) is 46.8 Å². The lowest BCUT2D eigenvalue weighted by Crippen LogP contribution is -2.66. The second-order valence-corrected chi connectivity index (χ2v) is 22.3. The number of hydrogen-bond donors (Lipinski definition) is 1. The molecule has 10 heteroatoms. The molecule has 1 N–H and O–H groups in total. The zero-order chi connectivity index (χ0) is 44.4. The standard InChI is InChI=1S/C50H75FN2O7/c1-31(2)42-36(55)27-50(40(59-32(3)54)30-53(26-25-52(11)12)29-33-13-15-34(51)16-14-33)24-23-48(9)35(43(42)50)17-18-38-47(8)21-20-39(60-41(56)28-45(4,5)44(57)58)46(6,7)37(47)19-22-49(38,48)10/h13-16,31,35,37-40H,17-30H2,1-12H3,(H,57,58)/t35-,37+,38-,39+,40-,47+,48-,49-,50-/m1/s1. The Balaban J connectivity index is 1.33. The summed E-state index contributed by atoms with van der Waals surface area (Å²) < 4.78 is 26.7. The molecule has 9 nitrogen and oxygen atoms in total. The van der Waals surface area contributed by atoms with Crippen molar-refractivity contribution in [2.75, 3.05) is 33.7 Å². The number of benzene rings is 1. The number of fused-ring (bicyclic) bond motifs is 7. The van der Waals surface area contributed by atoms with Gasteiger partial charge in [0.2, 0.25) is 0 Å². The first-order chi connectivity index (χ1) is 27.8. The third kappa shape index (κ3) is 8.03. The Kier molecular flexibility index (Phi) is 12.8. The third-order valence-corrected chi connectivity index (χ3v) is 17.4. The molecule has 0 spiro atoms. The summed E-state index contributed by atoms with van der Waals surface area (Å²) in [5.41, 5.74) is 1.03. The van der Waals surface area contributed by atoms with Gasteiger partial charge in [-0.25, -0.2) is 4.39 Å². The molecule has 0 radical (unpaired) electrons. The van der Waals surface area contributed by atoms with Crippen molar-refractivity contribution in [1.82, 2.24) is 9.80 Å². The number of carboxylic acid groups (broad SMARTS) is 1. The Morgan fingerprint density at radius 3 is 2.17 bits per heavy atom. The van der Waals surface area contributed by atoms with Crippen LogP contribution in [0.4, 0.5) is 4.39 Å². The first-order valence-electron chi connectivity index (χ1n) is 22.8. The Hall–Kier alpha value is -3.11. The van der Waals surface area contributed by atoms with Gasteiger partial charge in [0.05, 0.1) is 11.8 Å². The number of halogens is 1. The number of ketones is 1. The second kappa shape index (κ2) is 16.5. The minimum atomic E-state index is -1.19. The van der Waals surface area contributed by atoms with Gasteiger partial charge in [-0.3, -0.25) is 24.1 Å². The maximum atomic E-state index is 14.6. The smallest absolute Gasteiger partial charge is 0.309 e. The monoisotopic (exact) mass is 835 g/mol. The number of carboxylic acids is 1. The molecule has 4 fully saturated rings. The number of esters is 2. The van der Waals surface area contributed by atoms with Crippen LogP contribution >= 0.6 is 0 Å². The van der Waals surface area contributed by atoms with Gasteiger partial charge in [0.1, 0.15) is 18.0 Å². The van der Waals surface area contributed by atoms with Crippen LogP contribution in [0, 0.1) is 62.0 Å². The van der Waals surface area contributed by atoms with Crippen molar-refractivity contribution in [2.24, 2.45) is 56.2 Å². The van der Waals surface area contributed by atoms with E-state index in [4.69, 9.17) is 9.47 Å². The highest BCUT2D eigenvalue weighted by molar-refractivity contribution is 6.01. The predicted octanol–water partition coefficient (Wildman–Crippen LogP) is 9.51. The summed E-state index contributed by atoms with van der Waals surface area (Å²) >= 11 is 0. The van der Waals surface area contributed by atoms with Crippen LogP contribution in [-0.2, 0) is 35.2 Å². The van der Waals surface area contributed by atoms with E-state index < -0.39 is 28.9 Å². The van der Waals surface area contributed by atoms with E-state index in [1.165, 1.54) is 24.6 Å². The summed E-state index contributed by atoms with van der Waals surface area (Å²) in [7, 11) is 4.09. The minimum Gasteiger partial charge on any atom is -0.481 e. The third-order valence-electron chi connectivity index (χ3n) is 17.4. The van der Waals surface area contributed by atoms with Crippen LogP contribution in [0.25, 0.3) is 0 Å². The number of allylic oxidation sites excluding steroid dienone is 1. The lowest BCUT2D eigenvalue weighted by Gasteiger charge is -2.72. The topological polar surface area (TPSA) is 113 Å². The molecule has 9 atom stereocenters. The molecule has 0 heterocycles. The molecule has 0 aromatic heterocycles. The van der Waals surface area contributed by atoms with Crippen LogP contribution in [0.1, 0.15) is 139 Å². The van der Waals surface area contributed by atoms with E-state index in [-0.39, 0.29) is 63.6 Å². The maximum Gasteiger partial charge on any atom is 0.309 e. The maximum absolute atomic E-state index is 14.6. The van der Waals surface area contributed by atoms with Crippen LogP contribution in [0.15, 0.2) is 35.4 Å². The summed E-state index contributed by atoms with van der Waals surface area (Å²) in [5, 5.41) is 9.67. The van der Waals surface area contributed by atoms with Crippen molar-refractivity contribution in [1.29, 1.82) is 0 Å². The second-order valence-electron chi connectivity index (χ2n) is 22.3. The zero-order valence-corrected chi connectivity index (χ0v) is 38.8. The number of Topliss-reactive ketones (excluding diaryl/α,β-unsaturated/α-hetero) is 1. The largest absolute Gasteiger partial charge is 0.481 e. The fourth-order valence-corrected chi connectivity index (χ4v) is 14.1. The van der Waals surface area contributed by atoms with E-state index in [9.17, 15) is 28.7 Å². The minimum absolute atomic E-state index is 0.0105. The average molecular weight is 835 g/mol. The molecular formula is C50H75FN2O7. The Morgan fingerprint density at radius 1 is 0.900 bits per heavy atom. The number of carbonyl (C=O) groups is 4. The van der Waals surface area contributed by atoms with E-state index in [1.807, 2.05) is 26.2 Å². The fourth-order valence-electron chi connectivity index (χ4n) is 14.1. The molecule has 60 heavy (non-hydrogen) atoms. The summed E-state index contributed by atoms with van der Waals surface area (Å²) in [5.74, 6) is -0.888. The first kappa shape index (κ1) is 46.4. The molecule has 6 rings (SSSR count). The summed E-state index contributed by atoms with van der Waals surface area (Å²) in [4.78, 5) is 57.2. The van der Waals surface area contributed by atoms with E-state index in [2.05, 4.69) is 58.3 Å². The van der Waals surface area contributed by atoms with Crippen molar-refractivity contribution in [2.45, 2.75) is 152 Å². The van der Waals surface area contributed by atoms with Crippen LogP contribution in [0.3, 0.4) is 0 Å². The Labute approximate surface area is 359 Å². The highest BCUT2D eigenvalue weighted by Crippen LogP contribution is 2.77. The van der Waals surface area contributed by atoms with Crippen LogP contribution in [-0.4, -0.2) is 84.5 Å². The molecule has 5 aliphatic rings. The molecule has 5 aliphatic carbocycles. The number of likely N-dealkylation sites (N-methyl/N-ethyl adjacent to an activating group) is 1. The molecule has 0 saturated heterocycles. The Morgan fingerprint density at radius 2 is 1.57 bits per heavy atom. The van der Waals surface area contributed by atoms with Crippen LogP contribution in [0.5, 0.6) is 0 Å². The summed E-state index contributed by atoms with van der Waals surface area (Å²) in [6, 6.07) is 6.63. The molecular weight excluding hydrogens is 760 g/mol. The number of carbonyl (C=O) groups excluding carboxylic acids is 3. The van der Waals surface area contributed by atoms with Gasteiger partial charge in [0.15, 0.2) is 5.78 Å². The van der Waals surface area contributed by atoms with Crippen LogP contribution < -0.4 is 0 Å². The van der Waals surface area contributed by atoms with Crippen molar-refractivity contribution in [3.63, 3.8) is 0 Å². The average Bonchev–Trinajstić information content (AvgIpc) is 3.45. The quantitative estimate of drug-likeness (QED) is 0.183. The summed E-state index contributed by atoms with van der Waals surface area (Å²) in [6.07, 6.45) is 6.85. The van der Waals surface area contributed by atoms with Gasteiger partial charge >= 0.3 is 17.9 Å². The molecule has 0 aliphatic heterocycles. The SMILES string of the molecule is CC(=O)O[C@H](CN(CCN(C)C)Cc1ccc(F)cc1)[C@]12CC[C@]3(C)[C@H](CC[C@@H]4[C@@]5(C)CC[C@H](OC(=O)CC(C)(C)C(=O)O)C(C)(C)[C@@H]5CC[C@]43C)C1=C(C(C)C)C(=O)C2. The van der Waals surface area contributed by atoms with Crippen LogP contribution in [0.2, 0.25) is 0 Å². The van der Waals surface area contributed by atoms with E-state index in [1.54, 1.807) is 13.8 Å². The molecule has 334 valence electrons. The van der Waals surface area contributed by atoms with Gasteiger partial charge < -0.3 is 19.5 Å². The number of aliphatic carboxylic acids is 1. The summed E-state index contributed by atoms with van der Waals surface area (Å²) in [6.45, 7) is 23.6. The van der Waals surface area contributed by atoms with Crippen molar-refractivity contribution in [3.8, 4) is 0 Å². The number of nitrogens with zero attached hydrogens (tertiary/aromatic N) is 2. The molecule has 0 bridgehead atoms. The number of rotatable bonds is 14. The van der Waals surface area contributed by atoms with Gasteiger partial charge in [-0.15, -0.1) is 0 Å². The fraction of sp³-hybridized carbons (Fsp3) is 0.760. The van der Waals surface area contributed by atoms with Gasteiger partial charge in [-0.1, -0.05) is 60.6 Å². The molecule has 4 saturated carbocycles. The Bertz CT molecular complexity index is 1850. The van der Waals surface area contributed by atoms with Gasteiger partial charge in [-0.2, -0.15) is 0 Å². The van der Waals surface area contributed by atoms with Crippen molar-refractivity contribution < 1.29 is 38.1 Å². The van der Waals surface area contributed by atoms with E-state index in [0.29, 0.717) is 31.3 Å². The lowest BCUT2D eigenvalue weighted by molar-refractivity contribution is -0.235. The highest BCUT2D eigenvalue weighted by atomic mass is 19.1.